The molecule has 0 saturated carbocycles. The van der Waals surface area contributed by atoms with Gasteiger partial charge in [0.15, 0.2) is 6.04 Å². The topological polar surface area (TPSA) is 65.1 Å². The lowest BCUT2D eigenvalue weighted by molar-refractivity contribution is -0.165. The van der Waals surface area contributed by atoms with Crippen LogP contribution in [0.1, 0.15) is 13.3 Å². The van der Waals surface area contributed by atoms with E-state index in [0.29, 0.717) is 19.8 Å². The second kappa shape index (κ2) is 5.67. The van der Waals surface area contributed by atoms with Crippen LogP contribution in [0.4, 0.5) is 0 Å². The molecule has 6 heteroatoms. The van der Waals surface area contributed by atoms with Crippen molar-refractivity contribution in [2.24, 2.45) is 5.92 Å². The highest BCUT2D eigenvalue weighted by atomic mass is 16.5. The van der Waals surface area contributed by atoms with Crippen LogP contribution in [0.2, 0.25) is 0 Å². The van der Waals surface area contributed by atoms with E-state index in [9.17, 15) is 9.59 Å². The molecule has 3 atom stereocenters. The number of ether oxygens (including phenoxy) is 3. The second-order valence-corrected chi connectivity index (χ2v) is 4.70. The summed E-state index contributed by atoms with van der Waals surface area (Å²) in [6.07, 6.45) is 0.444. The molecule has 0 bridgehead atoms. The lowest BCUT2D eigenvalue weighted by atomic mass is 10.0. The van der Waals surface area contributed by atoms with Crippen LogP contribution in [-0.4, -0.2) is 62.4 Å². The molecule has 2 aliphatic heterocycles. The summed E-state index contributed by atoms with van der Waals surface area (Å²) in [7, 11) is 1.31. The maximum absolute atomic E-state index is 12.4. The first-order valence-electron chi connectivity index (χ1n) is 6.22. The summed E-state index contributed by atoms with van der Waals surface area (Å²) >= 11 is 0. The van der Waals surface area contributed by atoms with Crippen molar-refractivity contribution in [3.63, 3.8) is 0 Å². The predicted octanol–water partition coefficient (Wildman–Crippen LogP) is -0.188. The second-order valence-electron chi connectivity index (χ2n) is 4.70. The smallest absolute Gasteiger partial charge is 0.331 e. The van der Waals surface area contributed by atoms with Crippen LogP contribution in [0.5, 0.6) is 0 Å². The third kappa shape index (κ3) is 2.49. The van der Waals surface area contributed by atoms with Crippen LogP contribution in [-0.2, 0) is 23.8 Å². The Labute approximate surface area is 106 Å². The van der Waals surface area contributed by atoms with Crippen molar-refractivity contribution in [3.8, 4) is 0 Å². The summed E-state index contributed by atoms with van der Waals surface area (Å²) in [5.41, 5.74) is 0. The van der Waals surface area contributed by atoms with Gasteiger partial charge in [-0.1, -0.05) is 6.92 Å². The number of amides is 1. The van der Waals surface area contributed by atoms with E-state index in [1.165, 1.54) is 12.0 Å². The maximum atomic E-state index is 12.4. The number of nitrogens with zero attached hydrogens (tertiary/aromatic N) is 1. The van der Waals surface area contributed by atoms with Gasteiger partial charge in [0.25, 0.3) is 5.91 Å². The minimum Gasteiger partial charge on any atom is -0.467 e. The van der Waals surface area contributed by atoms with Crippen molar-refractivity contribution < 1.29 is 23.8 Å². The van der Waals surface area contributed by atoms with E-state index in [-0.39, 0.29) is 18.4 Å². The molecule has 1 amide bonds. The van der Waals surface area contributed by atoms with Gasteiger partial charge in [0.1, 0.15) is 6.10 Å². The van der Waals surface area contributed by atoms with Crippen LogP contribution in [0.25, 0.3) is 0 Å². The number of hydrogen-bond donors (Lipinski definition) is 0. The Kier molecular flexibility index (Phi) is 4.19. The first-order valence-corrected chi connectivity index (χ1v) is 6.22. The van der Waals surface area contributed by atoms with E-state index in [2.05, 4.69) is 0 Å². The Hall–Kier alpha value is -1.14. The summed E-state index contributed by atoms with van der Waals surface area (Å²) in [5.74, 6) is -0.369. The van der Waals surface area contributed by atoms with Crippen molar-refractivity contribution in [2.45, 2.75) is 25.5 Å². The molecule has 0 N–H and O–H groups in total. The Morgan fingerprint density at radius 1 is 1.33 bits per heavy atom. The Morgan fingerprint density at radius 3 is 2.72 bits per heavy atom. The number of hydrogen-bond acceptors (Lipinski definition) is 5. The molecule has 3 unspecified atom stereocenters. The lowest BCUT2D eigenvalue weighted by Gasteiger charge is -2.35. The normalized spacial score (nSPS) is 32.3. The molecule has 18 heavy (non-hydrogen) atoms. The predicted molar refractivity (Wildman–Crippen MR) is 61.9 cm³/mol. The highest BCUT2D eigenvalue weighted by Gasteiger charge is 2.40. The summed E-state index contributed by atoms with van der Waals surface area (Å²) in [6, 6.07) is -0.646. The third-order valence-corrected chi connectivity index (χ3v) is 3.52. The van der Waals surface area contributed by atoms with E-state index in [1.54, 1.807) is 0 Å². The fourth-order valence-corrected chi connectivity index (χ4v) is 2.37. The zero-order chi connectivity index (χ0) is 13.1. The number of rotatable bonds is 2. The van der Waals surface area contributed by atoms with Crippen LogP contribution < -0.4 is 0 Å². The molecule has 102 valence electrons. The first-order chi connectivity index (χ1) is 8.65. The molecule has 2 fully saturated rings. The molecule has 0 aliphatic carbocycles. The number of carbonyl (C=O) groups is 2. The molecular weight excluding hydrogens is 238 g/mol. The Bertz CT molecular complexity index is 332. The molecule has 6 nitrogen and oxygen atoms in total. The summed E-state index contributed by atoms with van der Waals surface area (Å²) in [6.45, 7) is 3.64. The minimum atomic E-state index is -0.646. The van der Waals surface area contributed by atoms with Crippen molar-refractivity contribution in [1.29, 1.82) is 0 Å². The quantitative estimate of drug-likeness (QED) is 0.642. The van der Waals surface area contributed by atoms with E-state index >= 15 is 0 Å². The molecule has 0 aromatic rings. The zero-order valence-electron chi connectivity index (χ0n) is 10.8. The van der Waals surface area contributed by atoms with Gasteiger partial charge in [-0.2, -0.15) is 0 Å². The summed E-state index contributed by atoms with van der Waals surface area (Å²) in [4.78, 5) is 25.5. The van der Waals surface area contributed by atoms with Gasteiger partial charge in [0.2, 0.25) is 0 Å². The number of morpholine rings is 1. The molecule has 0 aromatic heterocycles. The highest BCUT2D eigenvalue weighted by Crippen LogP contribution is 2.23. The van der Waals surface area contributed by atoms with Gasteiger partial charge < -0.3 is 19.1 Å². The largest absolute Gasteiger partial charge is 0.467 e. The van der Waals surface area contributed by atoms with Crippen molar-refractivity contribution in [2.75, 3.05) is 33.5 Å². The van der Waals surface area contributed by atoms with Crippen molar-refractivity contribution in [3.05, 3.63) is 0 Å². The standard InChI is InChI=1S/C12H19NO5/c1-8-3-5-18-10(8)11(14)13-4-6-17-7-9(13)12(15)16-2/h8-10H,3-7H2,1-2H3. The Morgan fingerprint density at radius 2 is 2.11 bits per heavy atom. The summed E-state index contributed by atoms with van der Waals surface area (Å²) in [5, 5.41) is 0. The number of carbonyl (C=O) groups excluding carboxylic acids is 2. The van der Waals surface area contributed by atoms with E-state index in [4.69, 9.17) is 14.2 Å². The highest BCUT2D eigenvalue weighted by molar-refractivity contribution is 5.87. The Balaban J connectivity index is 2.08. The fourth-order valence-electron chi connectivity index (χ4n) is 2.37. The first kappa shape index (κ1) is 13.3. The molecule has 0 aromatic carbocycles. The van der Waals surface area contributed by atoms with Crippen LogP contribution >= 0.6 is 0 Å². The van der Waals surface area contributed by atoms with Crippen LogP contribution in [0.3, 0.4) is 0 Å². The maximum Gasteiger partial charge on any atom is 0.331 e. The monoisotopic (exact) mass is 257 g/mol. The average molecular weight is 257 g/mol. The SMILES string of the molecule is COC(=O)C1COCCN1C(=O)C1OCCC1C. The van der Waals surface area contributed by atoms with Crippen molar-refractivity contribution in [1.82, 2.24) is 4.90 Å². The van der Waals surface area contributed by atoms with Gasteiger partial charge in [0.05, 0.1) is 20.3 Å². The zero-order valence-corrected chi connectivity index (χ0v) is 10.8. The lowest BCUT2D eigenvalue weighted by Crippen LogP contribution is -2.56. The van der Waals surface area contributed by atoms with Crippen LogP contribution in [0.15, 0.2) is 0 Å². The number of methoxy groups -OCH3 is 1. The van der Waals surface area contributed by atoms with Crippen LogP contribution in [0, 0.1) is 5.92 Å². The fraction of sp³-hybridized carbons (Fsp3) is 0.833. The van der Waals surface area contributed by atoms with E-state index < -0.39 is 18.1 Å². The minimum absolute atomic E-state index is 0.126. The summed E-state index contributed by atoms with van der Waals surface area (Å²) < 4.78 is 15.4. The van der Waals surface area contributed by atoms with Gasteiger partial charge in [-0.25, -0.2) is 4.79 Å². The average Bonchev–Trinajstić information content (AvgIpc) is 2.83. The molecule has 2 saturated heterocycles. The van der Waals surface area contributed by atoms with Gasteiger partial charge in [-0.15, -0.1) is 0 Å². The molecule has 2 heterocycles. The molecule has 2 rings (SSSR count). The van der Waals surface area contributed by atoms with E-state index in [1.807, 2.05) is 6.92 Å². The molecule has 2 aliphatic rings. The van der Waals surface area contributed by atoms with Crippen molar-refractivity contribution >= 4 is 11.9 Å². The van der Waals surface area contributed by atoms with Gasteiger partial charge in [-0.05, 0) is 12.3 Å². The van der Waals surface area contributed by atoms with Gasteiger partial charge in [0, 0.05) is 13.2 Å². The molecule has 0 radical (unpaired) electrons. The molecule has 0 spiro atoms. The van der Waals surface area contributed by atoms with E-state index in [0.717, 1.165) is 6.42 Å². The third-order valence-electron chi connectivity index (χ3n) is 3.52. The van der Waals surface area contributed by atoms with Gasteiger partial charge >= 0.3 is 5.97 Å². The van der Waals surface area contributed by atoms with Gasteiger partial charge in [-0.3, -0.25) is 4.79 Å². The number of esters is 1. The molecular formula is C12H19NO5.